The van der Waals surface area contributed by atoms with E-state index < -0.39 is 61.5 Å². The lowest BCUT2D eigenvalue weighted by molar-refractivity contribution is -0.327. The molecule has 12 nitrogen and oxygen atoms in total. The van der Waals surface area contributed by atoms with Gasteiger partial charge in [0.05, 0.1) is 31.5 Å². The SMILES string of the molecule is C/C=C1/[C@H](O[C@@H]2O[C@H](CO)[C@@H](O)[C@H](O)[C@H]2O)OC=C2C(=O)OCC(C)[C@@H]3C[C@H](OC(=O)C[C@H]21)[C@H](C)[C@H]3CO. The van der Waals surface area contributed by atoms with Crippen molar-refractivity contribution in [3.8, 4) is 0 Å². The van der Waals surface area contributed by atoms with E-state index in [0.717, 1.165) is 6.26 Å². The average Bonchev–Trinajstić information content (AvgIpc) is 3.21. The van der Waals surface area contributed by atoms with Crippen molar-refractivity contribution in [2.24, 2.45) is 29.6 Å². The highest BCUT2D eigenvalue weighted by atomic mass is 16.8. The number of esters is 2. The van der Waals surface area contributed by atoms with Crippen LogP contribution in [0.5, 0.6) is 0 Å². The summed E-state index contributed by atoms with van der Waals surface area (Å²) >= 11 is 0. The third-order valence-electron chi connectivity index (χ3n) is 8.43. The summed E-state index contributed by atoms with van der Waals surface area (Å²) in [5.41, 5.74) is 0.458. The van der Waals surface area contributed by atoms with Crippen LogP contribution in [0.3, 0.4) is 0 Å². The number of allylic oxidation sites excluding steroid dienone is 1. The second-order valence-corrected chi connectivity index (χ2v) is 10.6. The van der Waals surface area contributed by atoms with Crippen LogP contribution in [0.4, 0.5) is 0 Å². The molecular weight excluding hydrogens is 504 g/mol. The first-order chi connectivity index (χ1) is 18.1. The quantitative estimate of drug-likeness (QED) is 0.224. The van der Waals surface area contributed by atoms with Crippen LogP contribution >= 0.6 is 0 Å². The fourth-order valence-corrected chi connectivity index (χ4v) is 6.04. The first-order valence-corrected chi connectivity index (χ1v) is 13.1. The van der Waals surface area contributed by atoms with Gasteiger partial charge in [-0.2, -0.15) is 0 Å². The molecule has 3 aliphatic heterocycles. The highest BCUT2D eigenvalue weighted by Gasteiger charge is 2.48. The van der Waals surface area contributed by atoms with Gasteiger partial charge in [0.1, 0.15) is 30.5 Å². The Morgan fingerprint density at radius 1 is 1.08 bits per heavy atom. The maximum absolute atomic E-state index is 13.1. The number of hydrogen-bond donors (Lipinski definition) is 5. The van der Waals surface area contributed by atoms with E-state index in [1.807, 2.05) is 13.8 Å². The van der Waals surface area contributed by atoms with Gasteiger partial charge in [-0.25, -0.2) is 4.79 Å². The van der Waals surface area contributed by atoms with E-state index in [1.54, 1.807) is 13.0 Å². The standard InChI is InChI=1S/C26H38O12/c1-4-13-15-6-20(29)36-18-5-14(16(7-27)12(18)3)11(2)9-34-24(33)17(15)10-35-25(13)38-26-23(32)22(31)21(30)19(8-28)37-26/h4,10-12,14-16,18-19,21-23,25-28,30-32H,5-9H2,1-3H3/b13-4+/t11?,12-,14+,15+,16-,18+,19-,21-,22+,23-,25+,26+/m1/s1. The summed E-state index contributed by atoms with van der Waals surface area (Å²) in [6, 6.07) is 0. The average molecular weight is 543 g/mol. The molecule has 3 fully saturated rings. The van der Waals surface area contributed by atoms with Gasteiger partial charge in [-0.05, 0) is 37.0 Å². The van der Waals surface area contributed by atoms with E-state index in [4.69, 9.17) is 23.7 Å². The largest absolute Gasteiger partial charge is 0.468 e. The maximum atomic E-state index is 13.1. The molecule has 2 bridgehead atoms. The minimum atomic E-state index is -1.66. The van der Waals surface area contributed by atoms with E-state index in [2.05, 4.69) is 0 Å². The molecule has 4 aliphatic rings. The molecule has 1 aliphatic carbocycles. The molecule has 0 spiro atoms. The van der Waals surface area contributed by atoms with Crippen LogP contribution in [0.25, 0.3) is 0 Å². The van der Waals surface area contributed by atoms with Crippen molar-refractivity contribution in [2.45, 2.75) is 76.7 Å². The highest BCUT2D eigenvalue weighted by molar-refractivity contribution is 5.91. The van der Waals surface area contributed by atoms with Gasteiger partial charge in [-0.3, -0.25) is 4.79 Å². The topological polar surface area (TPSA) is 181 Å². The molecule has 2 saturated heterocycles. The lowest BCUT2D eigenvalue weighted by Crippen LogP contribution is -2.60. The second-order valence-electron chi connectivity index (χ2n) is 10.6. The number of aliphatic hydroxyl groups excluding tert-OH is 5. The maximum Gasteiger partial charge on any atom is 0.337 e. The van der Waals surface area contributed by atoms with Crippen molar-refractivity contribution in [3.05, 3.63) is 23.5 Å². The van der Waals surface area contributed by atoms with Gasteiger partial charge >= 0.3 is 11.9 Å². The monoisotopic (exact) mass is 542 g/mol. The van der Waals surface area contributed by atoms with E-state index in [9.17, 15) is 35.1 Å². The van der Waals surface area contributed by atoms with Crippen LogP contribution in [-0.4, -0.2) is 100 Å². The Labute approximate surface area is 220 Å². The van der Waals surface area contributed by atoms with Crippen LogP contribution < -0.4 is 0 Å². The van der Waals surface area contributed by atoms with Crippen molar-refractivity contribution in [2.75, 3.05) is 19.8 Å². The van der Waals surface area contributed by atoms with Crippen molar-refractivity contribution >= 4 is 11.9 Å². The van der Waals surface area contributed by atoms with E-state index in [-0.39, 0.29) is 55.0 Å². The summed E-state index contributed by atoms with van der Waals surface area (Å²) in [7, 11) is 0. The molecule has 0 amide bonds. The number of cyclic esters (lactones) is 1. The molecule has 5 N–H and O–H groups in total. The Bertz CT molecular complexity index is 931. The predicted octanol–water partition coefficient (Wildman–Crippen LogP) is -0.635. The zero-order valence-electron chi connectivity index (χ0n) is 21.7. The molecule has 0 aromatic heterocycles. The van der Waals surface area contributed by atoms with E-state index >= 15 is 0 Å². The molecule has 12 atom stereocenters. The fourth-order valence-electron chi connectivity index (χ4n) is 6.04. The Hall–Kier alpha value is -2.06. The fraction of sp³-hybridized carbons (Fsp3) is 0.769. The summed E-state index contributed by atoms with van der Waals surface area (Å²) in [5, 5.41) is 50.0. The third-order valence-corrected chi connectivity index (χ3v) is 8.43. The van der Waals surface area contributed by atoms with Gasteiger partial charge in [0, 0.05) is 18.1 Å². The van der Waals surface area contributed by atoms with Crippen LogP contribution in [0.15, 0.2) is 23.5 Å². The van der Waals surface area contributed by atoms with Crippen LogP contribution in [0.2, 0.25) is 0 Å². The smallest absolute Gasteiger partial charge is 0.337 e. The summed E-state index contributed by atoms with van der Waals surface area (Å²) in [6.07, 6.45) is -6.06. The molecule has 12 heteroatoms. The number of aliphatic hydroxyl groups is 5. The molecule has 214 valence electrons. The third kappa shape index (κ3) is 5.48. The lowest BCUT2D eigenvalue weighted by atomic mass is 9.83. The van der Waals surface area contributed by atoms with E-state index in [1.165, 1.54) is 0 Å². The summed E-state index contributed by atoms with van der Waals surface area (Å²) in [6.45, 7) is 4.97. The molecule has 3 heterocycles. The van der Waals surface area contributed by atoms with Crippen molar-refractivity contribution in [1.29, 1.82) is 0 Å². The second kappa shape index (κ2) is 12.0. The van der Waals surface area contributed by atoms with Crippen LogP contribution in [0, 0.1) is 29.6 Å². The van der Waals surface area contributed by atoms with Gasteiger partial charge in [0.25, 0.3) is 0 Å². The first kappa shape index (κ1) is 28.9. The minimum absolute atomic E-state index is 0.0230. The Kier molecular flexibility index (Phi) is 9.13. The number of ether oxygens (including phenoxy) is 5. The molecule has 4 rings (SSSR count). The highest BCUT2D eigenvalue weighted by Crippen LogP contribution is 2.44. The molecule has 0 aromatic carbocycles. The van der Waals surface area contributed by atoms with Crippen molar-refractivity contribution in [1.82, 2.24) is 0 Å². The number of hydrogen-bond acceptors (Lipinski definition) is 12. The summed E-state index contributed by atoms with van der Waals surface area (Å²) < 4.78 is 28.3. The number of carbonyl (C=O) groups excluding carboxylic acids is 2. The van der Waals surface area contributed by atoms with Gasteiger partial charge in [0.15, 0.2) is 6.29 Å². The number of rotatable bonds is 4. The Morgan fingerprint density at radius 3 is 2.47 bits per heavy atom. The molecule has 1 unspecified atom stereocenters. The van der Waals surface area contributed by atoms with Crippen molar-refractivity contribution in [3.63, 3.8) is 0 Å². The summed E-state index contributed by atoms with van der Waals surface area (Å²) in [5.74, 6) is -2.24. The molecule has 0 aromatic rings. The molecule has 1 saturated carbocycles. The zero-order chi connectivity index (χ0) is 27.7. The van der Waals surface area contributed by atoms with Crippen LogP contribution in [-0.2, 0) is 33.3 Å². The molecular formula is C26H38O12. The van der Waals surface area contributed by atoms with Gasteiger partial charge in [0.2, 0.25) is 6.29 Å². The number of fused-ring (bicyclic) bond motifs is 3. The summed E-state index contributed by atoms with van der Waals surface area (Å²) in [4.78, 5) is 26.2. The normalized spacial score (nSPS) is 45.2. The predicted molar refractivity (Wildman–Crippen MR) is 128 cm³/mol. The van der Waals surface area contributed by atoms with Crippen molar-refractivity contribution < 1.29 is 58.8 Å². The minimum Gasteiger partial charge on any atom is -0.468 e. The van der Waals surface area contributed by atoms with E-state index in [0.29, 0.717) is 12.0 Å². The van der Waals surface area contributed by atoms with Gasteiger partial charge < -0.3 is 49.2 Å². The van der Waals surface area contributed by atoms with Gasteiger partial charge in [-0.1, -0.05) is 19.9 Å². The molecule has 38 heavy (non-hydrogen) atoms. The van der Waals surface area contributed by atoms with Crippen LogP contribution in [0.1, 0.15) is 33.6 Å². The zero-order valence-corrected chi connectivity index (χ0v) is 21.7. The first-order valence-electron chi connectivity index (χ1n) is 13.1. The Morgan fingerprint density at radius 2 is 1.82 bits per heavy atom. The Balaban J connectivity index is 1.58. The number of carbonyl (C=O) groups is 2. The lowest BCUT2D eigenvalue weighted by Gasteiger charge is -2.42. The molecule has 0 radical (unpaired) electrons. The van der Waals surface area contributed by atoms with Gasteiger partial charge in [-0.15, -0.1) is 0 Å².